The van der Waals surface area contributed by atoms with Crippen LogP contribution < -0.4 is 10.1 Å². The molecule has 1 fully saturated rings. The number of carboxylic acids is 1. The number of carbonyl (C=O) groups excluding carboxylic acids is 1. The van der Waals surface area contributed by atoms with Gasteiger partial charge < -0.3 is 20.1 Å². The number of halogens is 1. The molecule has 0 radical (unpaired) electrons. The molecule has 1 aromatic rings. The first kappa shape index (κ1) is 18.4. The van der Waals surface area contributed by atoms with Gasteiger partial charge in [0, 0.05) is 18.1 Å². The second kappa shape index (κ2) is 8.24. The molecule has 0 spiro atoms. The number of anilines is 1. The molecule has 7 heteroatoms. The van der Waals surface area contributed by atoms with Gasteiger partial charge in [-0.15, -0.1) is 0 Å². The van der Waals surface area contributed by atoms with Gasteiger partial charge in [-0.1, -0.05) is 25.4 Å². The number of rotatable bonds is 5. The van der Waals surface area contributed by atoms with Crippen LogP contribution in [0.2, 0.25) is 5.02 Å². The fourth-order valence-corrected chi connectivity index (χ4v) is 3.00. The van der Waals surface area contributed by atoms with Gasteiger partial charge in [-0.2, -0.15) is 0 Å². The van der Waals surface area contributed by atoms with Crippen molar-refractivity contribution in [1.82, 2.24) is 4.90 Å². The average molecular weight is 355 g/mol. The molecule has 0 bridgehead atoms. The number of benzene rings is 1. The molecule has 1 aromatic carbocycles. The number of hydrogen-bond acceptors (Lipinski definition) is 3. The number of piperidine rings is 1. The summed E-state index contributed by atoms with van der Waals surface area (Å²) in [6.45, 7) is 5.21. The van der Waals surface area contributed by atoms with E-state index in [2.05, 4.69) is 5.32 Å². The summed E-state index contributed by atoms with van der Waals surface area (Å²) in [5.41, 5.74) is 0.492. The van der Waals surface area contributed by atoms with Crippen LogP contribution in [0.25, 0.3) is 0 Å². The Morgan fingerprint density at radius 3 is 2.83 bits per heavy atom. The van der Waals surface area contributed by atoms with Crippen molar-refractivity contribution in [3.05, 3.63) is 23.2 Å². The summed E-state index contributed by atoms with van der Waals surface area (Å²) >= 11 is 6.01. The molecule has 2 atom stereocenters. The van der Waals surface area contributed by atoms with Crippen molar-refractivity contribution in [1.29, 1.82) is 0 Å². The maximum absolute atomic E-state index is 12.5. The van der Waals surface area contributed by atoms with Crippen molar-refractivity contribution in [3.8, 4) is 5.75 Å². The van der Waals surface area contributed by atoms with Gasteiger partial charge in [-0.3, -0.25) is 4.79 Å². The van der Waals surface area contributed by atoms with Gasteiger partial charge in [-0.05, 0) is 37.0 Å². The van der Waals surface area contributed by atoms with Crippen LogP contribution in [0.4, 0.5) is 10.5 Å². The van der Waals surface area contributed by atoms with Crippen LogP contribution in [0.1, 0.15) is 26.7 Å². The summed E-state index contributed by atoms with van der Waals surface area (Å²) in [4.78, 5) is 25.3. The lowest BCUT2D eigenvalue weighted by atomic mass is 9.91. The summed E-state index contributed by atoms with van der Waals surface area (Å²) in [5, 5.41) is 12.5. The Morgan fingerprint density at radius 2 is 2.17 bits per heavy atom. The average Bonchev–Trinajstić information content (AvgIpc) is 2.53. The van der Waals surface area contributed by atoms with Crippen molar-refractivity contribution in [2.75, 3.05) is 25.0 Å². The van der Waals surface area contributed by atoms with E-state index in [-0.39, 0.29) is 18.5 Å². The molecule has 1 aliphatic heterocycles. The standard InChI is InChI=1S/C17H23ClN2O4/c1-3-6-24-15-5-4-13(18)8-14(15)19-17(23)20-9-11(2)7-12(10-20)16(21)22/h4-5,8,11-12H,3,6-7,9-10H2,1-2H3,(H,19,23)(H,21,22). The molecule has 1 saturated heterocycles. The molecular weight excluding hydrogens is 332 g/mol. The number of aliphatic carboxylic acids is 1. The Bertz CT molecular complexity index is 608. The van der Waals surface area contributed by atoms with E-state index in [1.807, 2.05) is 13.8 Å². The SMILES string of the molecule is CCCOc1ccc(Cl)cc1NC(=O)N1CC(C)CC(C(=O)O)C1. The smallest absolute Gasteiger partial charge is 0.321 e. The molecule has 0 aliphatic carbocycles. The second-order valence-electron chi connectivity index (χ2n) is 6.20. The fraction of sp³-hybridized carbons (Fsp3) is 0.529. The van der Waals surface area contributed by atoms with E-state index < -0.39 is 11.9 Å². The lowest BCUT2D eigenvalue weighted by Gasteiger charge is -2.34. The molecule has 2 unspecified atom stereocenters. The van der Waals surface area contributed by atoms with Crippen LogP contribution in [0.5, 0.6) is 5.75 Å². The van der Waals surface area contributed by atoms with E-state index >= 15 is 0 Å². The maximum atomic E-state index is 12.5. The number of amides is 2. The Kier molecular flexibility index (Phi) is 6.31. The zero-order valence-corrected chi connectivity index (χ0v) is 14.7. The van der Waals surface area contributed by atoms with Crippen molar-refractivity contribution < 1.29 is 19.4 Å². The largest absolute Gasteiger partial charge is 0.491 e. The highest BCUT2D eigenvalue weighted by atomic mass is 35.5. The molecule has 0 aromatic heterocycles. The number of ether oxygens (including phenoxy) is 1. The van der Waals surface area contributed by atoms with Crippen molar-refractivity contribution in [2.24, 2.45) is 11.8 Å². The van der Waals surface area contributed by atoms with E-state index in [0.29, 0.717) is 36.0 Å². The molecule has 24 heavy (non-hydrogen) atoms. The van der Waals surface area contributed by atoms with Crippen LogP contribution in [-0.2, 0) is 4.79 Å². The minimum Gasteiger partial charge on any atom is -0.491 e. The first-order valence-corrected chi connectivity index (χ1v) is 8.49. The second-order valence-corrected chi connectivity index (χ2v) is 6.64. The summed E-state index contributed by atoms with van der Waals surface area (Å²) in [6.07, 6.45) is 1.43. The summed E-state index contributed by atoms with van der Waals surface area (Å²) in [7, 11) is 0. The van der Waals surface area contributed by atoms with Crippen molar-refractivity contribution >= 4 is 29.3 Å². The topological polar surface area (TPSA) is 78.9 Å². The lowest BCUT2D eigenvalue weighted by Crippen LogP contribution is -2.47. The van der Waals surface area contributed by atoms with Crippen LogP contribution in [0.15, 0.2) is 18.2 Å². The van der Waals surface area contributed by atoms with Gasteiger partial charge in [0.1, 0.15) is 5.75 Å². The minimum absolute atomic E-state index is 0.140. The van der Waals surface area contributed by atoms with Crippen molar-refractivity contribution in [3.63, 3.8) is 0 Å². The van der Waals surface area contributed by atoms with Gasteiger partial charge in [0.05, 0.1) is 18.2 Å². The van der Waals surface area contributed by atoms with Crippen LogP contribution in [-0.4, -0.2) is 41.7 Å². The van der Waals surface area contributed by atoms with Crippen molar-refractivity contribution in [2.45, 2.75) is 26.7 Å². The van der Waals surface area contributed by atoms with Crippen LogP contribution in [0, 0.1) is 11.8 Å². The highest BCUT2D eigenvalue weighted by molar-refractivity contribution is 6.31. The predicted octanol–water partition coefficient (Wildman–Crippen LogP) is 3.70. The number of nitrogens with one attached hydrogen (secondary N) is 1. The Hall–Kier alpha value is -1.95. The predicted molar refractivity (Wildman–Crippen MR) is 92.7 cm³/mol. The van der Waals surface area contributed by atoms with Gasteiger partial charge >= 0.3 is 12.0 Å². The molecule has 2 N–H and O–H groups in total. The Morgan fingerprint density at radius 1 is 1.42 bits per heavy atom. The molecular formula is C17H23ClN2O4. The first-order chi connectivity index (χ1) is 11.4. The van der Waals surface area contributed by atoms with E-state index in [9.17, 15) is 14.7 Å². The van der Waals surface area contributed by atoms with Gasteiger partial charge in [0.2, 0.25) is 0 Å². The highest BCUT2D eigenvalue weighted by Crippen LogP contribution is 2.29. The third kappa shape index (κ3) is 4.77. The monoisotopic (exact) mass is 354 g/mol. The van der Waals surface area contributed by atoms with E-state index in [1.165, 1.54) is 4.90 Å². The van der Waals surface area contributed by atoms with Gasteiger partial charge in [0.25, 0.3) is 0 Å². The first-order valence-electron chi connectivity index (χ1n) is 8.11. The Balaban J connectivity index is 2.11. The normalized spacial score (nSPS) is 20.5. The number of carboxylic acid groups (broad SMARTS) is 1. The van der Waals surface area contributed by atoms with Gasteiger partial charge in [-0.25, -0.2) is 4.79 Å². The fourth-order valence-electron chi connectivity index (χ4n) is 2.83. The Labute approximate surface area is 146 Å². The number of nitrogens with zero attached hydrogens (tertiary/aromatic N) is 1. The number of urea groups is 1. The van der Waals surface area contributed by atoms with E-state index in [1.54, 1.807) is 18.2 Å². The molecule has 1 aliphatic rings. The quantitative estimate of drug-likeness (QED) is 0.845. The third-order valence-electron chi connectivity index (χ3n) is 3.94. The van der Waals surface area contributed by atoms with Crippen LogP contribution in [0.3, 0.4) is 0 Å². The molecule has 2 amide bonds. The molecule has 6 nitrogen and oxygen atoms in total. The highest BCUT2D eigenvalue weighted by Gasteiger charge is 2.32. The van der Waals surface area contributed by atoms with Gasteiger partial charge in [0.15, 0.2) is 0 Å². The summed E-state index contributed by atoms with van der Waals surface area (Å²) in [6, 6.07) is 4.71. The lowest BCUT2D eigenvalue weighted by molar-refractivity contribution is -0.143. The van der Waals surface area contributed by atoms with E-state index in [0.717, 1.165) is 6.42 Å². The zero-order chi connectivity index (χ0) is 17.7. The van der Waals surface area contributed by atoms with E-state index in [4.69, 9.17) is 16.3 Å². The minimum atomic E-state index is -0.867. The molecule has 0 saturated carbocycles. The molecule has 1 heterocycles. The number of hydrogen-bond donors (Lipinski definition) is 2. The number of carbonyl (C=O) groups is 2. The maximum Gasteiger partial charge on any atom is 0.321 e. The van der Waals surface area contributed by atoms with Crippen LogP contribution >= 0.6 is 11.6 Å². The third-order valence-corrected chi connectivity index (χ3v) is 4.18. The number of likely N-dealkylation sites (tertiary alicyclic amines) is 1. The molecule has 2 rings (SSSR count). The summed E-state index contributed by atoms with van der Waals surface area (Å²) < 4.78 is 5.62. The molecule has 132 valence electrons. The summed E-state index contributed by atoms with van der Waals surface area (Å²) in [5.74, 6) is -0.709. The zero-order valence-electron chi connectivity index (χ0n) is 13.9.